The molecule has 1 aliphatic heterocycles. The quantitative estimate of drug-likeness (QED) is 0.517. The van der Waals surface area contributed by atoms with Crippen molar-refractivity contribution in [1.29, 1.82) is 0 Å². The summed E-state index contributed by atoms with van der Waals surface area (Å²) < 4.78 is 11.3. The largest absolute Gasteiger partial charge is 0.494 e. The van der Waals surface area contributed by atoms with Crippen LogP contribution in [-0.2, 0) is 11.3 Å². The highest BCUT2D eigenvalue weighted by Gasteiger charge is 2.22. The average Bonchev–Trinajstić information content (AvgIpc) is 2.79. The number of guanidine groups is 1. The van der Waals surface area contributed by atoms with Gasteiger partial charge in [-0.1, -0.05) is 42.5 Å². The van der Waals surface area contributed by atoms with E-state index in [1.54, 1.807) is 7.05 Å². The smallest absolute Gasteiger partial charge is 0.191 e. The number of benzene rings is 2. The van der Waals surface area contributed by atoms with Crippen molar-refractivity contribution >= 4 is 5.96 Å². The molecule has 162 valence electrons. The number of aryl methyl sites for hydroxylation is 1. The first-order valence-corrected chi connectivity index (χ1v) is 10.7. The summed E-state index contributed by atoms with van der Waals surface area (Å²) in [4.78, 5) is 6.90. The van der Waals surface area contributed by atoms with Crippen LogP contribution in [0.25, 0.3) is 0 Å². The van der Waals surface area contributed by atoms with Crippen molar-refractivity contribution in [2.45, 2.75) is 26.4 Å². The molecule has 6 nitrogen and oxygen atoms in total. The third-order valence-electron chi connectivity index (χ3n) is 5.33. The molecule has 1 fully saturated rings. The minimum Gasteiger partial charge on any atom is -0.494 e. The molecule has 1 heterocycles. The van der Waals surface area contributed by atoms with Gasteiger partial charge in [0, 0.05) is 38.8 Å². The van der Waals surface area contributed by atoms with Crippen molar-refractivity contribution in [2.75, 3.05) is 46.5 Å². The van der Waals surface area contributed by atoms with Crippen molar-refractivity contribution in [3.8, 4) is 5.75 Å². The second kappa shape index (κ2) is 11.6. The maximum Gasteiger partial charge on any atom is 0.191 e. The lowest BCUT2D eigenvalue weighted by molar-refractivity contribution is 0.0170. The predicted octanol–water partition coefficient (Wildman–Crippen LogP) is 3.13. The summed E-state index contributed by atoms with van der Waals surface area (Å²) in [5.41, 5.74) is 3.62. The molecule has 0 amide bonds. The molecule has 0 bridgehead atoms. The molecule has 30 heavy (non-hydrogen) atoms. The van der Waals surface area contributed by atoms with E-state index in [1.807, 2.05) is 6.92 Å². The Kier molecular flexibility index (Phi) is 8.53. The van der Waals surface area contributed by atoms with Gasteiger partial charge in [0.2, 0.25) is 0 Å². The molecule has 0 radical (unpaired) electrons. The number of morpholine rings is 1. The number of nitrogens with zero attached hydrogens (tertiary/aromatic N) is 2. The lowest BCUT2D eigenvalue weighted by Crippen LogP contribution is -2.46. The van der Waals surface area contributed by atoms with E-state index in [0.717, 1.165) is 50.1 Å². The summed E-state index contributed by atoms with van der Waals surface area (Å²) in [6.45, 7) is 9.61. The third-order valence-corrected chi connectivity index (χ3v) is 5.33. The third kappa shape index (κ3) is 6.21. The molecular formula is C24H34N4O2. The van der Waals surface area contributed by atoms with Gasteiger partial charge in [-0.25, -0.2) is 0 Å². The summed E-state index contributed by atoms with van der Waals surface area (Å²) in [5, 5.41) is 6.94. The zero-order valence-corrected chi connectivity index (χ0v) is 18.4. The van der Waals surface area contributed by atoms with Crippen LogP contribution in [0.2, 0.25) is 0 Å². The van der Waals surface area contributed by atoms with Gasteiger partial charge in [-0.15, -0.1) is 0 Å². The SMILES string of the molecule is CCOc1cc(C)ccc1CNC(=NC)NCC(c1ccccc1)N1CCOCC1. The number of aliphatic imine (C=N–C) groups is 1. The van der Waals surface area contributed by atoms with E-state index in [0.29, 0.717) is 13.2 Å². The molecule has 2 aromatic carbocycles. The first-order valence-electron chi connectivity index (χ1n) is 10.7. The van der Waals surface area contributed by atoms with Gasteiger partial charge in [-0.05, 0) is 31.0 Å². The number of hydrogen-bond acceptors (Lipinski definition) is 4. The molecule has 1 unspecified atom stereocenters. The number of ether oxygens (including phenoxy) is 2. The van der Waals surface area contributed by atoms with Crippen molar-refractivity contribution in [2.24, 2.45) is 4.99 Å². The van der Waals surface area contributed by atoms with Gasteiger partial charge in [0.05, 0.1) is 25.9 Å². The molecule has 1 saturated heterocycles. The molecule has 1 aliphatic rings. The van der Waals surface area contributed by atoms with Crippen LogP contribution in [0.5, 0.6) is 5.75 Å². The Hall–Kier alpha value is -2.57. The molecule has 3 rings (SSSR count). The monoisotopic (exact) mass is 410 g/mol. The Labute approximate surface area is 180 Å². The summed E-state index contributed by atoms with van der Waals surface area (Å²) in [6, 6.07) is 17.2. The Bertz CT molecular complexity index is 804. The Balaban J connectivity index is 1.63. The van der Waals surface area contributed by atoms with E-state index < -0.39 is 0 Å². The molecule has 0 aliphatic carbocycles. The molecule has 0 aromatic heterocycles. The molecule has 6 heteroatoms. The molecule has 2 N–H and O–H groups in total. The van der Waals surface area contributed by atoms with Gasteiger partial charge in [0.25, 0.3) is 0 Å². The topological polar surface area (TPSA) is 58.1 Å². The maximum atomic E-state index is 5.80. The fourth-order valence-corrected chi connectivity index (χ4v) is 3.71. The Morgan fingerprint density at radius 1 is 1.13 bits per heavy atom. The standard InChI is InChI=1S/C24H34N4O2/c1-4-30-23-16-19(2)10-11-21(23)17-26-24(25-3)27-18-22(20-8-6-5-7-9-20)28-12-14-29-15-13-28/h5-11,16,22H,4,12-15,17-18H2,1-3H3,(H2,25,26,27). The fourth-order valence-electron chi connectivity index (χ4n) is 3.71. The van der Waals surface area contributed by atoms with Crippen LogP contribution in [-0.4, -0.2) is 57.4 Å². The van der Waals surface area contributed by atoms with Gasteiger partial charge in [-0.3, -0.25) is 9.89 Å². The highest BCUT2D eigenvalue weighted by atomic mass is 16.5. The lowest BCUT2D eigenvalue weighted by atomic mass is 10.0. The van der Waals surface area contributed by atoms with E-state index in [-0.39, 0.29) is 6.04 Å². The van der Waals surface area contributed by atoms with E-state index >= 15 is 0 Å². The van der Waals surface area contributed by atoms with Crippen molar-refractivity contribution in [3.05, 3.63) is 65.2 Å². The predicted molar refractivity (Wildman–Crippen MR) is 122 cm³/mol. The van der Waals surface area contributed by atoms with Gasteiger partial charge in [0.15, 0.2) is 5.96 Å². The number of rotatable bonds is 8. The van der Waals surface area contributed by atoms with Gasteiger partial charge in [-0.2, -0.15) is 0 Å². The first-order chi connectivity index (χ1) is 14.7. The van der Waals surface area contributed by atoms with Gasteiger partial charge in [0.1, 0.15) is 5.75 Å². The molecule has 1 atom stereocenters. The van der Waals surface area contributed by atoms with Crippen molar-refractivity contribution in [3.63, 3.8) is 0 Å². The first kappa shape index (κ1) is 22.1. The minimum atomic E-state index is 0.270. The van der Waals surface area contributed by atoms with E-state index in [4.69, 9.17) is 9.47 Å². The van der Waals surface area contributed by atoms with E-state index in [1.165, 1.54) is 11.1 Å². The molecular weight excluding hydrogens is 376 g/mol. The summed E-state index contributed by atoms with van der Waals surface area (Å²) in [5.74, 6) is 1.71. The van der Waals surface area contributed by atoms with E-state index in [2.05, 4.69) is 76.0 Å². The highest BCUT2D eigenvalue weighted by molar-refractivity contribution is 5.79. The van der Waals surface area contributed by atoms with Crippen LogP contribution in [0.1, 0.15) is 29.7 Å². The van der Waals surface area contributed by atoms with Gasteiger partial charge < -0.3 is 20.1 Å². The molecule has 0 spiro atoms. The second-order valence-corrected chi connectivity index (χ2v) is 7.43. The maximum absolute atomic E-state index is 5.80. The fraction of sp³-hybridized carbons (Fsp3) is 0.458. The van der Waals surface area contributed by atoms with Crippen LogP contribution in [0.15, 0.2) is 53.5 Å². The Morgan fingerprint density at radius 2 is 1.90 bits per heavy atom. The van der Waals surface area contributed by atoms with Crippen LogP contribution >= 0.6 is 0 Å². The highest BCUT2D eigenvalue weighted by Crippen LogP contribution is 2.22. The Morgan fingerprint density at radius 3 is 2.60 bits per heavy atom. The summed E-state index contributed by atoms with van der Waals surface area (Å²) >= 11 is 0. The van der Waals surface area contributed by atoms with Gasteiger partial charge >= 0.3 is 0 Å². The van der Waals surface area contributed by atoms with Crippen LogP contribution in [0.3, 0.4) is 0 Å². The number of nitrogens with one attached hydrogen (secondary N) is 2. The minimum absolute atomic E-state index is 0.270. The summed E-state index contributed by atoms with van der Waals surface area (Å²) in [7, 11) is 1.81. The molecule has 0 saturated carbocycles. The van der Waals surface area contributed by atoms with Crippen molar-refractivity contribution in [1.82, 2.24) is 15.5 Å². The van der Waals surface area contributed by atoms with Crippen LogP contribution in [0.4, 0.5) is 0 Å². The average molecular weight is 411 g/mol. The number of hydrogen-bond donors (Lipinski definition) is 2. The normalized spacial score (nSPS) is 16.2. The zero-order valence-electron chi connectivity index (χ0n) is 18.4. The van der Waals surface area contributed by atoms with Crippen molar-refractivity contribution < 1.29 is 9.47 Å². The van der Waals surface area contributed by atoms with Crippen LogP contribution in [0, 0.1) is 6.92 Å². The summed E-state index contributed by atoms with van der Waals surface area (Å²) in [6.07, 6.45) is 0. The second-order valence-electron chi connectivity index (χ2n) is 7.43. The van der Waals surface area contributed by atoms with E-state index in [9.17, 15) is 0 Å². The zero-order chi connectivity index (χ0) is 21.2. The lowest BCUT2D eigenvalue weighted by Gasteiger charge is -2.35. The van der Waals surface area contributed by atoms with Crippen LogP contribution < -0.4 is 15.4 Å². The molecule has 2 aromatic rings.